The van der Waals surface area contributed by atoms with Crippen LogP contribution in [0.2, 0.25) is 5.15 Å². The zero-order valence-corrected chi connectivity index (χ0v) is 14.2. The van der Waals surface area contributed by atoms with Crippen molar-refractivity contribution < 1.29 is 9.18 Å². The van der Waals surface area contributed by atoms with Crippen LogP contribution in [-0.2, 0) is 6.42 Å². The Morgan fingerprint density at radius 2 is 1.96 bits per heavy atom. The maximum absolute atomic E-state index is 13.0. The predicted octanol–water partition coefficient (Wildman–Crippen LogP) is 4.75. The highest BCUT2D eigenvalue weighted by Gasteiger charge is 2.14. The molecule has 0 saturated heterocycles. The molecule has 0 saturated carbocycles. The van der Waals surface area contributed by atoms with Crippen molar-refractivity contribution in [3.05, 3.63) is 82.6 Å². The summed E-state index contributed by atoms with van der Waals surface area (Å²) >= 11 is 5.84. The van der Waals surface area contributed by atoms with Gasteiger partial charge in [-0.3, -0.25) is 9.78 Å². The van der Waals surface area contributed by atoms with E-state index >= 15 is 0 Å². The number of nitrogens with zero attached hydrogens (tertiary/aromatic N) is 2. The van der Waals surface area contributed by atoms with Gasteiger partial charge in [0.2, 0.25) is 0 Å². The first-order chi connectivity index (χ1) is 12.0. The summed E-state index contributed by atoms with van der Waals surface area (Å²) in [7, 11) is 0. The van der Waals surface area contributed by atoms with Crippen molar-refractivity contribution >= 4 is 28.8 Å². The normalized spacial score (nSPS) is 10.5. The van der Waals surface area contributed by atoms with E-state index < -0.39 is 0 Å². The van der Waals surface area contributed by atoms with Crippen LogP contribution < -0.4 is 5.32 Å². The third-order valence-corrected chi connectivity index (χ3v) is 3.97. The van der Waals surface area contributed by atoms with Gasteiger partial charge in [-0.1, -0.05) is 11.6 Å². The van der Waals surface area contributed by atoms with Crippen LogP contribution >= 0.6 is 11.6 Å². The average molecular weight is 356 g/mol. The molecule has 0 aliphatic heterocycles. The molecule has 1 N–H and O–H groups in total. The Bertz CT molecular complexity index is 913. The molecule has 25 heavy (non-hydrogen) atoms. The first kappa shape index (κ1) is 17.0. The molecule has 1 aromatic carbocycles. The van der Waals surface area contributed by atoms with Crippen molar-refractivity contribution in [2.75, 3.05) is 5.32 Å². The minimum absolute atomic E-state index is 0.0602. The number of aryl methyl sites for hydroxylation is 1. The van der Waals surface area contributed by atoms with E-state index in [0.717, 1.165) is 11.1 Å². The molecule has 4 nitrogen and oxygen atoms in total. The number of ketones is 1. The van der Waals surface area contributed by atoms with Gasteiger partial charge in [-0.25, -0.2) is 9.37 Å². The molecular weight excluding hydrogens is 341 g/mol. The number of hydrogen-bond acceptors (Lipinski definition) is 4. The van der Waals surface area contributed by atoms with E-state index in [2.05, 4.69) is 15.3 Å². The number of pyridine rings is 2. The van der Waals surface area contributed by atoms with Crippen molar-refractivity contribution in [3.63, 3.8) is 0 Å². The van der Waals surface area contributed by atoms with Gasteiger partial charge in [0.05, 0.1) is 11.9 Å². The summed E-state index contributed by atoms with van der Waals surface area (Å²) in [5, 5.41) is 3.52. The van der Waals surface area contributed by atoms with E-state index in [1.54, 1.807) is 36.7 Å². The van der Waals surface area contributed by atoms with Gasteiger partial charge in [0.25, 0.3) is 0 Å². The van der Waals surface area contributed by atoms with Crippen LogP contribution in [0.25, 0.3) is 0 Å². The highest BCUT2D eigenvalue weighted by molar-refractivity contribution is 6.29. The zero-order chi connectivity index (χ0) is 17.8. The molecule has 2 heterocycles. The van der Waals surface area contributed by atoms with Crippen LogP contribution in [0, 0.1) is 12.7 Å². The Morgan fingerprint density at radius 3 is 2.68 bits per heavy atom. The second-order valence-electron chi connectivity index (χ2n) is 5.59. The third kappa shape index (κ3) is 4.19. The molecule has 0 aliphatic rings. The summed E-state index contributed by atoms with van der Waals surface area (Å²) in [6, 6.07) is 9.43. The van der Waals surface area contributed by atoms with E-state index in [9.17, 15) is 9.18 Å². The first-order valence-electron chi connectivity index (χ1n) is 7.64. The number of Topliss-reactive ketones (excluding diaryl/α,β-unsaturated/α-hetero) is 1. The number of benzene rings is 1. The van der Waals surface area contributed by atoms with Crippen molar-refractivity contribution in [2.24, 2.45) is 0 Å². The van der Waals surface area contributed by atoms with Crippen molar-refractivity contribution in [1.29, 1.82) is 0 Å². The van der Waals surface area contributed by atoms with Crippen molar-refractivity contribution in [1.82, 2.24) is 9.97 Å². The molecule has 0 radical (unpaired) electrons. The second kappa shape index (κ2) is 7.40. The SMILES string of the molecule is Cc1cc(Cl)ncc1C(=O)Cc1ccncc1Nc1ccc(F)cc1. The number of halogens is 2. The molecule has 0 spiro atoms. The van der Waals surface area contributed by atoms with Gasteiger partial charge in [0, 0.05) is 30.1 Å². The maximum Gasteiger partial charge on any atom is 0.169 e. The lowest BCUT2D eigenvalue weighted by atomic mass is 10.0. The lowest BCUT2D eigenvalue weighted by molar-refractivity contribution is 0.0992. The number of carbonyl (C=O) groups is 1. The van der Waals surface area contributed by atoms with Gasteiger partial charge in [-0.2, -0.15) is 0 Å². The Kier molecular flexibility index (Phi) is 5.05. The molecule has 0 amide bonds. The topological polar surface area (TPSA) is 54.9 Å². The molecule has 0 fully saturated rings. The third-order valence-electron chi connectivity index (χ3n) is 3.76. The Labute approximate surface area is 149 Å². The summed E-state index contributed by atoms with van der Waals surface area (Å²) < 4.78 is 13.0. The molecule has 2 aromatic heterocycles. The minimum Gasteiger partial charge on any atom is -0.354 e. The lowest BCUT2D eigenvalue weighted by Crippen LogP contribution is -2.08. The smallest absolute Gasteiger partial charge is 0.169 e. The zero-order valence-electron chi connectivity index (χ0n) is 13.5. The van der Waals surface area contributed by atoms with E-state index in [-0.39, 0.29) is 18.0 Å². The molecular formula is C19H15ClFN3O. The fourth-order valence-electron chi connectivity index (χ4n) is 2.46. The summed E-state index contributed by atoms with van der Waals surface area (Å²) in [6.45, 7) is 1.82. The van der Waals surface area contributed by atoms with Gasteiger partial charge < -0.3 is 5.32 Å². The average Bonchev–Trinajstić information content (AvgIpc) is 2.58. The molecule has 6 heteroatoms. The quantitative estimate of drug-likeness (QED) is 0.530. The first-order valence-corrected chi connectivity index (χ1v) is 8.01. The van der Waals surface area contributed by atoms with Gasteiger partial charge in [0.15, 0.2) is 5.78 Å². The molecule has 0 atom stereocenters. The molecule has 0 unspecified atom stereocenters. The number of rotatable bonds is 5. The Balaban J connectivity index is 1.83. The summed E-state index contributed by atoms with van der Waals surface area (Å²) in [6.07, 6.45) is 4.95. The van der Waals surface area contributed by atoms with Gasteiger partial charge >= 0.3 is 0 Å². The fourth-order valence-corrected chi connectivity index (χ4v) is 2.67. The fraction of sp³-hybridized carbons (Fsp3) is 0.105. The van der Waals surface area contributed by atoms with E-state index in [0.29, 0.717) is 22.1 Å². The van der Waals surface area contributed by atoms with Gasteiger partial charge in [-0.15, -0.1) is 0 Å². The second-order valence-corrected chi connectivity index (χ2v) is 5.97. The standard InChI is InChI=1S/C19H15ClFN3O/c1-12-8-19(20)23-10-16(12)18(25)9-13-6-7-22-11-17(13)24-15-4-2-14(21)3-5-15/h2-8,10-11,24H,9H2,1H3. The summed E-state index contributed by atoms with van der Waals surface area (Å²) in [4.78, 5) is 20.7. The monoisotopic (exact) mass is 355 g/mol. The number of aromatic nitrogens is 2. The largest absolute Gasteiger partial charge is 0.354 e. The Hall–Kier alpha value is -2.79. The molecule has 3 aromatic rings. The van der Waals surface area contributed by atoms with Crippen LogP contribution in [0.15, 0.2) is 55.0 Å². The van der Waals surface area contributed by atoms with E-state index in [1.165, 1.54) is 18.3 Å². The highest BCUT2D eigenvalue weighted by atomic mass is 35.5. The van der Waals surface area contributed by atoms with Gasteiger partial charge in [-0.05, 0) is 54.4 Å². The Morgan fingerprint density at radius 1 is 1.20 bits per heavy atom. The van der Waals surface area contributed by atoms with Crippen molar-refractivity contribution in [2.45, 2.75) is 13.3 Å². The van der Waals surface area contributed by atoms with Crippen LogP contribution in [0.3, 0.4) is 0 Å². The number of carbonyl (C=O) groups excluding carboxylic acids is 1. The number of hydrogen-bond donors (Lipinski definition) is 1. The maximum atomic E-state index is 13.0. The van der Waals surface area contributed by atoms with Crippen LogP contribution in [0.5, 0.6) is 0 Å². The van der Waals surface area contributed by atoms with Gasteiger partial charge in [0.1, 0.15) is 11.0 Å². The summed E-state index contributed by atoms with van der Waals surface area (Å²) in [5.74, 6) is -0.368. The minimum atomic E-state index is -0.308. The van der Waals surface area contributed by atoms with Crippen LogP contribution in [0.1, 0.15) is 21.5 Å². The molecule has 0 bridgehead atoms. The number of anilines is 2. The highest BCUT2D eigenvalue weighted by Crippen LogP contribution is 2.22. The predicted molar refractivity (Wildman–Crippen MR) is 95.9 cm³/mol. The van der Waals surface area contributed by atoms with Crippen LogP contribution in [0.4, 0.5) is 15.8 Å². The molecule has 0 aliphatic carbocycles. The summed E-state index contributed by atoms with van der Waals surface area (Å²) in [5.41, 5.74) is 3.52. The lowest BCUT2D eigenvalue weighted by Gasteiger charge is -2.12. The van der Waals surface area contributed by atoms with E-state index in [1.807, 2.05) is 6.92 Å². The van der Waals surface area contributed by atoms with Crippen LogP contribution in [-0.4, -0.2) is 15.8 Å². The molecule has 3 rings (SSSR count). The van der Waals surface area contributed by atoms with Crippen molar-refractivity contribution in [3.8, 4) is 0 Å². The number of nitrogens with one attached hydrogen (secondary N) is 1. The van der Waals surface area contributed by atoms with E-state index in [4.69, 9.17) is 11.6 Å². The molecule has 126 valence electrons.